The predicted molar refractivity (Wildman–Crippen MR) is 77.6 cm³/mol. The van der Waals surface area contributed by atoms with E-state index in [2.05, 4.69) is 0 Å². The highest BCUT2D eigenvalue weighted by molar-refractivity contribution is 14.1. The zero-order valence-corrected chi connectivity index (χ0v) is 14.5. The van der Waals surface area contributed by atoms with E-state index in [1.807, 2.05) is 0 Å². The van der Waals surface area contributed by atoms with Gasteiger partial charge in [0.2, 0.25) is 0 Å². The summed E-state index contributed by atoms with van der Waals surface area (Å²) in [6.07, 6.45) is 0. The molecule has 0 atom stereocenters. The van der Waals surface area contributed by atoms with Gasteiger partial charge in [-0.2, -0.15) is 30.0 Å². The van der Waals surface area contributed by atoms with Gasteiger partial charge in [0.1, 0.15) is 10.6 Å². The predicted octanol–water partition coefficient (Wildman–Crippen LogP) is 0.883. The van der Waals surface area contributed by atoms with Crippen molar-refractivity contribution < 1.29 is 44.1 Å². The van der Waals surface area contributed by atoms with Crippen molar-refractivity contribution in [3.8, 4) is 5.75 Å². The summed E-state index contributed by atoms with van der Waals surface area (Å²) in [7, 11) is -10.3. The molecular formula is C9H7F3INO7S2. The maximum Gasteiger partial charge on any atom is 0.516 e. The molecule has 0 unspecified atom stereocenters. The Morgan fingerprint density at radius 3 is 2.26 bits per heavy atom. The molecule has 0 heterocycles. The molecule has 1 aromatic rings. The zero-order valence-electron chi connectivity index (χ0n) is 10.7. The number of carbonyl (C=O) groups is 1. The molecule has 2 N–H and O–H groups in total. The minimum Gasteiger partial charge on any atom is -0.484 e. The number of amides is 1. The first-order chi connectivity index (χ1) is 10.2. The lowest BCUT2D eigenvalue weighted by molar-refractivity contribution is -0.121. The monoisotopic (exact) mass is 489 g/mol. The van der Waals surface area contributed by atoms with Gasteiger partial charge >= 0.3 is 15.5 Å². The molecule has 0 aliphatic heterocycles. The number of halogens is 4. The van der Waals surface area contributed by atoms with Crippen molar-refractivity contribution in [3.63, 3.8) is 0 Å². The molecule has 0 saturated heterocycles. The van der Waals surface area contributed by atoms with E-state index in [0.29, 0.717) is 0 Å². The van der Waals surface area contributed by atoms with Gasteiger partial charge in [0, 0.05) is 3.57 Å². The topological polar surface area (TPSA) is 127 Å². The van der Waals surface area contributed by atoms with Crippen LogP contribution in [0.1, 0.15) is 0 Å². The van der Waals surface area contributed by atoms with Crippen molar-refractivity contribution in [1.29, 1.82) is 0 Å². The molecule has 0 bridgehead atoms. The number of alkyl halides is 3. The van der Waals surface area contributed by atoms with Crippen LogP contribution in [-0.4, -0.2) is 39.4 Å². The summed E-state index contributed by atoms with van der Waals surface area (Å²) in [5.41, 5.74) is -5.64. The minimum absolute atomic E-state index is 0.0194. The Balaban J connectivity index is 2.77. The third kappa shape index (κ3) is 5.47. The van der Waals surface area contributed by atoms with Crippen LogP contribution in [-0.2, 0) is 24.9 Å². The van der Waals surface area contributed by atoms with Crippen LogP contribution in [0.3, 0.4) is 0 Å². The Morgan fingerprint density at radius 1 is 1.26 bits per heavy atom. The molecule has 23 heavy (non-hydrogen) atoms. The third-order valence-corrected chi connectivity index (χ3v) is 5.38. The summed E-state index contributed by atoms with van der Waals surface area (Å²) in [6, 6.07) is 3.04. The molecule has 1 amide bonds. The standard InChI is InChI=1S/C9H7F3INO7S2/c10-9(11,12)23(19,20)14-8(15)4-21-5-1-2-7(6(13)3-5)22(16,17)18/h1-3H,4H2,(H,14,15)(H,16,17,18). The Labute approximate surface area is 141 Å². The number of carbonyl (C=O) groups excluding carboxylic acids is 1. The molecule has 0 saturated carbocycles. The largest absolute Gasteiger partial charge is 0.516 e. The normalized spacial score (nSPS) is 12.7. The fraction of sp³-hybridized carbons (Fsp3) is 0.222. The van der Waals surface area contributed by atoms with E-state index in [9.17, 15) is 34.8 Å². The molecular weight excluding hydrogens is 482 g/mol. The van der Waals surface area contributed by atoms with Gasteiger partial charge in [-0.25, -0.2) is 4.72 Å². The van der Waals surface area contributed by atoms with Gasteiger partial charge in [-0.1, -0.05) is 0 Å². The Bertz CT molecular complexity index is 820. The molecule has 0 fully saturated rings. The summed E-state index contributed by atoms with van der Waals surface area (Å²) < 4.78 is 93.8. The lowest BCUT2D eigenvalue weighted by Crippen LogP contribution is -2.42. The Hall–Kier alpha value is -1.13. The summed E-state index contributed by atoms with van der Waals surface area (Å²) in [6.45, 7) is -1.06. The van der Waals surface area contributed by atoms with Crippen molar-refractivity contribution in [1.82, 2.24) is 4.72 Å². The van der Waals surface area contributed by atoms with Gasteiger partial charge in [0.25, 0.3) is 16.0 Å². The molecule has 0 radical (unpaired) electrons. The van der Waals surface area contributed by atoms with Crippen LogP contribution >= 0.6 is 22.6 Å². The number of hydrogen-bond acceptors (Lipinski definition) is 6. The van der Waals surface area contributed by atoms with E-state index < -0.39 is 43.1 Å². The second-order valence-electron chi connectivity index (χ2n) is 3.83. The van der Waals surface area contributed by atoms with Crippen molar-refractivity contribution in [2.24, 2.45) is 0 Å². The fourth-order valence-corrected chi connectivity index (χ4v) is 3.51. The van der Waals surface area contributed by atoms with Gasteiger partial charge in [0.05, 0.1) is 0 Å². The van der Waals surface area contributed by atoms with Crippen LogP contribution in [0.25, 0.3) is 0 Å². The third-order valence-electron chi connectivity index (χ3n) is 2.10. The smallest absolute Gasteiger partial charge is 0.484 e. The molecule has 14 heteroatoms. The van der Waals surface area contributed by atoms with E-state index in [-0.39, 0.29) is 9.32 Å². The number of benzene rings is 1. The lowest BCUT2D eigenvalue weighted by Gasteiger charge is -2.10. The molecule has 0 aliphatic rings. The SMILES string of the molecule is O=C(COc1ccc(S(=O)(=O)O)c(I)c1)NS(=O)(=O)C(F)(F)F. The number of sulfonamides is 1. The van der Waals surface area contributed by atoms with Crippen LogP contribution in [0.15, 0.2) is 23.1 Å². The summed E-state index contributed by atoms with van der Waals surface area (Å²) >= 11 is 1.54. The number of hydrogen-bond donors (Lipinski definition) is 2. The molecule has 1 rings (SSSR count). The molecule has 0 aliphatic carbocycles. The number of rotatable bonds is 5. The quantitative estimate of drug-likeness (QED) is 0.465. The first-order valence-corrected chi connectivity index (χ1v) is 9.26. The Morgan fingerprint density at radius 2 is 1.83 bits per heavy atom. The lowest BCUT2D eigenvalue weighted by atomic mass is 10.3. The average molecular weight is 489 g/mol. The average Bonchev–Trinajstić information content (AvgIpc) is 2.33. The van der Waals surface area contributed by atoms with Crippen LogP contribution < -0.4 is 9.46 Å². The van der Waals surface area contributed by atoms with Gasteiger partial charge in [-0.05, 0) is 40.8 Å². The van der Waals surface area contributed by atoms with E-state index in [1.165, 1.54) is 22.6 Å². The molecule has 0 aromatic heterocycles. The van der Waals surface area contributed by atoms with E-state index in [4.69, 9.17) is 9.29 Å². The van der Waals surface area contributed by atoms with Gasteiger partial charge in [0.15, 0.2) is 6.61 Å². The van der Waals surface area contributed by atoms with Crippen molar-refractivity contribution in [2.75, 3.05) is 6.61 Å². The molecule has 8 nitrogen and oxygen atoms in total. The molecule has 1 aromatic carbocycles. The first-order valence-electron chi connectivity index (χ1n) is 5.26. The van der Waals surface area contributed by atoms with Gasteiger partial charge < -0.3 is 4.74 Å². The highest BCUT2D eigenvalue weighted by atomic mass is 127. The van der Waals surface area contributed by atoms with Crippen molar-refractivity contribution in [3.05, 3.63) is 21.8 Å². The van der Waals surface area contributed by atoms with E-state index in [1.54, 1.807) is 0 Å². The first kappa shape index (κ1) is 19.9. The van der Waals surface area contributed by atoms with E-state index in [0.717, 1.165) is 22.9 Å². The van der Waals surface area contributed by atoms with Crippen molar-refractivity contribution in [2.45, 2.75) is 10.4 Å². The second kappa shape index (κ2) is 6.78. The summed E-state index contributed by atoms with van der Waals surface area (Å²) in [5.74, 6) is -1.70. The van der Waals surface area contributed by atoms with Crippen LogP contribution in [0.4, 0.5) is 13.2 Å². The summed E-state index contributed by atoms with van der Waals surface area (Å²) in [4.78, 5) is 10.7. The minimum atomic E-state index is -5.83. The molecule has 0 spiro atoms. The number of nitrogens with one attached hydrogen (secondary N) is 1. The van der Waals surface area contributed by atoms with E-state index >= 15 is 0 Å². The van der Waals surface area contributed by atoms with Crippen LogP contribution in [0, 0.1) is 3.57 Å². The van der Waals surface area contributed by atoms with Gasteiger partial charge in [-0.15, -0.1) is 0 Å². The van der Waals surface area contributed by atoms with Crippen molar-refractivity contribution >= 4 is 48.6 Å². The molecule has 130 valence electrons. The highest BCUT2D eigenvalue weighted by Crippen LogP contribution is 2.24. The highest BCUT2D eigenvalue weighted by Gasteiger charge is 2.47. The Kier molecular flexibility index (Phi) is 5.87. The van der Waals surface area contributed by atoms with Crippen LogP contribution in [0.2, 0.25) is 0 Å². The summed E-state index contributed by atoms with van der Waals surface area (Å²) in [5, 5.41) is 0. The van der Waals surface area contributed by atoms with Gasteiger partial charge in [-0.3, -0.25) is 9.35 Å². The fourth-order valence-electron chi connectivity index (χ4n) is 1.17. The second-order valence-corrected chi connectivity index (χ2v) is 8.06. The number of ether oxygens (including phenoxy) is 1. The van der Waals surface area contributed by atoms with Crippen LogP contribution in [0.5, 0.6) is 5.75 Å². The zero-order chi connectivity index (χ0) is 18.1. The maximum atomic E-state index is 12.0. The maximum absolute atomic E-state index is 12.0.